The molecule has 4 heterocycles. The van der Waals surface area contributed by atoms with Crippen LogP contribution in [-0.2, 0) is 14.2 Å². The maximum Gasteiger partial charge on any atom is 0.410 e. The highest BCUT2D eigenvalue weighted by atomic mass is 16.7. The molecule has 1 aromatic heterocycles. The van der Waals surface area contributed by atoms with Crippen LogP contribution < -0.4 is 0 Å². The Balaban J connectivity index is 1.16. The molecule has 0 N–H and O–H groups in total. The van der Waals surface area contributed by atoms with Crippen molar-refractivity contribution in [2.45, 2.75) is 116 Å². The van der Waals surface area contributed by atoms with Gasteiger partial charge < -0.3 is 24.0 Å². The van der Waals surface area contributed by atoms with Gasteiger partial charge in [-0.3, -0.25) is 9.69 Å². The van der Waals surface area contributed by atoms with E-state index in [1.807, 2.05) is 23.6 Å². The lowest BCUT2D eigenvalue weighted by molar-refractivity contribution is -0.135. The number of amides is 2. The van der Waals surface area contributed by atoms with Crippen LogP contribution in [0.5, 0.6) is 0 Å². The van der Waals surface area contributed by atoms with E-state index in [1.54, 1.807) is 7.11 Å². The quantitative estimate of drug-likeness (QED) is 0.326. The highest BCUT2D eigenvalue weighted by molar-refractivity contribution is 5.96. The first-order valence-corrected chi connectivity index (χ1v) is 17.1. The summed E-state index contributed by atoms with van der Waals surface area (Å²) in [6, 6.07) is 0. The zero-order chi connectivity index (χ0) is 31.3. The molecule has 2 amide bonds. The molecule has 0 aromatic carbocycles. The number of hydrogen-bond acceptors (Lipinski definition) is 8. The number of unbranched alkanes of at least 4 members (excludes halogenated alkanes) is 1. The van der Waals surface area contributed by atoms with Gasteiger partial charge in [0.2, 0.25) is 0 Å². The number of rotatable bonds is 10. The SMILES string of the molecule is CCCCC1CN(C[C@H]2CC[C@@H](OCOC)CC2)C(=O)OC12CCN(C1(C)CCN(C(=O)c3c(C)ncnc3C)CC1)CC2. The summed E-state index contributed by atoms with van der Waals surface area (Å²) in [6.07, 6.45) is 13.0. The molecule has 1 atom stereocenters. The van der Waals surface area contributed by atoms with Crippen LogP contribution in [0.1, 0.15) is 106 Å². The smallest absolute Gasteiger partial charge is 0.410 e. The standard InChI is InChI=1S/C34H55N5O5/c1-6-7-8-28-22-38(21-27-9-11-29(12-10-27)43-24-42-5)32(41)44-34(28)15-19-39(20-16-34)33(4)13-17-37(18-14-33)31(40)30-25(2)35-23-36-26(30)3/h23,27-29H,6-22,24H2,1-5H3/t27-,28?,29+. The number of nitrogens with zero attached hydrogens (tertiary/aromatic N) is 5. The van der Waals surface area contributed by atoms with E-state index in [1.165, 1.54) is 6.33 Å². The minimum absolute atomic E-state index is 0.0328. The van der Waals surface area contributed by atoms with Crippen molar-refractivity contribution in [3.05, 3.63) is 23.3 Å². The van der Waals surface area contributed by atoms with Gasteiger partial charge in [0.1, 0.15) is 18.7 Å². The van der Waals surface area contributed by atoms with Gasteiger partial charge in [0.15, 0.2) is 0 Å². The summed E-state index contributed by atoms with van der Waals surface area (Å²) in [5.74, 6) is 0.924. The van der Waals surface area contributed by atoms with Crippen molar-refractivity contribution in [2.24, 2.45) is 11.8 Å². The Kier molecular flexibility index (Phi) is 10.8. The van der Waals surface area contributed by atoms with E-state index in [0.717, 1.165) is 121 Å². The molecule has 4 fully saturated rings. The molecule has 1 aromatic rings. The van der Waals surface area contributed by atoms with Crippen LogP contribution in [0.3, 0.4) is 0 Å². The second-order valence-electron chi connectivity index (χ2n) is 14.1. The van der Waals surface area contributed by atoms with Crippen molar-refractivity contribution >= 4 is 12.0 Å². The van der Waals surface area contributed by atoms with Gasteiger partial charge >= 0.3 is 6.09 Å². The summed E-state index contributed by atoms with van der Waals surface area (Å²) in [4.78, 5) is 42.0. The van der Waals surface area contributed by atoms with Gasteiger partial charge in [0.25, 0.3) is 5.91 Å². The summed E-state index contributed by atoms with van der Waals surface area (Å²) in [5.41, 5.74) is 1.81. The lowest BCUT2D eigenvalue weighted by atomic mass is 9.74. The number of carbonyl (C=O) groups excluding carboxylic acids is 2. The summed E-state index contributed by atoms with van der Waals surface area (Å²) < 4.78 is 17.3. The molecule has 1 saturated carbocycles. The summed E-state index contributed by atoms with van der Waals surface area (Å²) in [7, 11) is 1.66. The number of ether oxygens (including phenoxy) is 3. The van der Waals surface area contributed by atoms with Gasteiger partial charge in [-0.25, -0.2) is 14.8 Å². The Labute approximate surface area is 264 Å². The van der Waals surface area contributed by atoms with Crippen LogP contribution in [0, 0.1) is 25.7 Å². The van der Waals surface area contributed by atoms with Crippen molar-refractivity contribution < 1.29 is 23.8 Å². The van der Waals surface area contributed by atoms with Gasteiger partial charge in [0, 0.05) is 70.7 Å². The number of piperidine rings is 2. The first-order valence-electron chi connectivity index (χ1n) is 17.1. The minimum Gasteiger partial charge on any atom is -0.442 e. The zero-order valence-corrected chi connectivity index (χ0v) is 27.8. The molecule has 1 spiro atoms. The van der Waals surface area contributed by atoms with E-state index in [-0.39, 0.29) is 29.2 Å². The molecule has 3 aliphatic heterocycles. The summed E-state index contributed by atoms with van der Waals surface area (Å²) >= 11 is 0. The average Bonchev–Trinajstić information content (AvgIpc) is 3.02. The molecule has 10 heteroatoms. The number of aromatic nitrogens is 2. The lowest BCUT2D eigenvalue weighted by Gasteiger charge is -2.55. The van der Waals surface area contributed by atoms with Gasteiger partial charge in [-0.15, -0.1) is 0 Å². The largest absolute Gasteiger partial charge is 0.442 e. The lowest BCUT2D eigenvalue weighted by Crippen LogP contribution is -2.64. The number of methoxy groups -OCH3 is 1. The fourth-order valence-corrected chi connectivity index (χ4v) is 8.24. The number of carbonyl (C=O) groups is 2. The second-order valence-corrected chi connectivity index (χ2v) is 14.1. The molecule has 10 nitrogen and oxygen atoms in total. The Morgan fingerprint density at radius 3 is 2.30 bits per heavy atom. The normalized spacial score (nSPS) is 27.4. The van der Waals surface area contributed by atoms with E-state index < -0.39 is 0 Å². The van der Waals surface area contributed by atoms with Gasteiger partial charge in [-0.1, -0.05) is 19.8 Å². The maximum atomic E-state index is 13.5. The molecule has 1 aliphatic carbocycles. The van der Waals surface area contributed by atoms with Crippen LogP contribution in [0.15, 0.2) is 6.33 Å². The van der Waals surface area contributed by atoms with Crippen LogP contribution in [0.25, 0.3) is 0 Å². The maximum absolute atomic E-state index is 13.5. The topological polar surface area (TPSA) is 97.3 Å². The Morgan fingerprint density at radius 2 is 1.68 bits per heavy atom. The van der Waals surface area contributed by atoms with E-state index in [2.05, 4.69) is 28.7 Å². The van der Waals surface area contributed by atoms with Gasteiger partial charge in [0.05, 0.1) is 23.1 Å². The van der Waals surface area contributed by atoms with Crippen molar-refractivity contribution in [2.75, 3.05) is 53.2 Å². The molecule has 3 saturated heterocycles. The van der Waals surface area contributed by atoms with Crippen molar-refractivity contribution in [1.29, 1.82) is 0 Å². The van der Waals surface area contributed by atoms with E-state index in [0.29, 0.717) is 24.2 Å². The summed E-state index contributed by atoms with van der Waals surface area (Å²) in [5, 5.41) is 0. The molecule has 1 unspecified atom stereocenters. The second kappa shape index (κ2) is 14.4. The third kappa shape index (κ3) is 7.23. The Morgan fingerprint density at radius 1 is 1.02 bits per heavy atom. The van der Waals surface area contributed by atoms with Crippen LogP contribution in [0.4, 0.5) is 4.79 Å². The molecule has 4 aliphatic rings. The van der Waals surface area contributed by atoms with E-state index >= 15 is 0 Å². The minimum atomic E-state index is -0.361. The predicted molar refractivity (Wildman–Crippen MR) is 168 cm³/mol. The summed E-state index contributed by atoms with van der Waals surface area (Å²) in [6.45, 7) is 13.6. The number of hydrogen-bond donors (Lipinski definition) is 0. The first kappa shape index (κ1) is 33.1. The van der Waals surface area contributed by atoms with Crippen molar-refractivity contribution in [1.82, 2.24) is 24.7 Å². The molecule has 5 rings (SSSR count). The van der Waals surface area contributed by atoms with Crippen molar-refractivity contribution in [3.8, 4) is 0 Å². The highest BCUT2D eigenvalue weighted by Crippen LogP contribution is 2.44. The molecule has 44 heavy (non-hydrogen) atoms. The molecular formula is C34H55N5O5. The molecular weight excluding hydrogens is 558 g/mol. The molecule has 0 radical (unpaired) electrons. The van der Waals surface area contributed by atoms with E-state index in [4.69, 9.17) is 14.2 Å². The third-order valence-corrected chi connectivity index (χ3v) is 11.3. The number of aryl methyl sites for hydroxylation is 2. The fraction of sp³-hybridized carbons (Fsp3) is 0.824. The monoisotopic (exact) mass is 613 g/mol. The van der Waals surface area contributed by atoms with Crippen molar-refractivity contribution in [3.63, 3.8) is 0 Å². The first-order chi connectivity index (χ1) is 21.2. The van der Waals surface area contributed by atoms with Gasteiger partial charge in [-0.05, 0) is 71.6 Å². The fourth-order valence-electron chi connectivity index (χ4n) is 8.24. The van der Waals surface area contributed by atoms with Crippen LogP contribution >= 0.6 is 0 Å². The highest BCUT2D eigenvalue weighted by Gasteiger charge is 2.51. The predicted octanol–water partition coefficient (Wildman–Crippen LogP) is 5.36. The number of likely N-dealkylation sites (tertiary alicyclic amines) is 2. The Hall–Kier alpha value is -2.30. The van der Waals surface area contributed by atoms with E-state index in [9.17, 15) is 9.59 Å². The average molecular weight is 614 g/mol. The van der Waals surface area contributed by atoms with Crippen LogP contribution in [-0.4, -0.2) is 107 Å². The van der Waals surface area contributed by atoms with Gasteiger partial charge in [-0.2, -0.15) is 0 Å². The Bertz CT molecular complexity index is 1100. The van der Waals surface area contributed by atoms with Crippen LogP contribution in [0.2, 0.25) is 0 Å². The zero-order valence-electron chi connectivity index (χ0n) is 27.8. The third-order valence-electron chi connectivity index (χ3n) is 11.3. The molecule has 246 valence electrons. The molecule has 0 bridgehead atoms.